The molecule has 30 heavy (non-hydrogen) atoms. The van der Waals surface area contributed by atoms with Crippen LogP contribution in [0.25, 0.3) is 11.0 Å². The molecule has 5 rings (SSSR count). The van der Waals surface area contributed by atoms with Crippen LogP contribution in [0, 0.1) is 6.07 Å². The molecule has 2 saturated heterocycles. The number of hydrogen-bond acceptors (Lipinski definition) is 5. The lowest BCUT2D eigenvalue weighted by Crippen LogP contribution is -2.42. The summed E-state index contributed by atoms with van der Waals surface area (Å²) in [6, 6.07) is 18.2. The molecule has 0 N–H and O–H groups in total. The molecule has 3 heterocycles. The number of rotatable bonds is 8. The Kier molecular flexibility index (Phi) is 5.63. The van der Waals surface area contributed by atoms with Crippen LogP contribution < -0.4 is 9.47 Å². The average molecular weight is 406 g/mol. The van der Waals surface area contributed by atoms with E-state index in [0.29, 0.717) is 18.0 Å². The summed E-state index contributed by atoms with van der Waals surface area (Å²) in [6.45, 7) is 1.88. The molecule has 2 bridgehead atoms. The molecule has 2 aromatic carbocycles. The number of fused-ring (bicyclic) bond motifs is 3. The van der Waals surface area contributed by atoms with Gasteiger partial charge in [0.2, 0.25) is 0 Å². The van der Waals surface area contributed by atoms with Gasteiger partial charge in [0, 0.05) is 23.4 Å². The molecule has 0 saturated carbocycles. The third-order valence-electron chi connectivity index (χ3n) is 6.75. The van der Waals surface area contributed by atoms with Crippen molar-refractivity contribution in [3.63, 3.8) is 0 Å². The van der Waals surface area contributed by atoms with E-state index >= 15 is 0 Å². The molecular formula is C25H29N2O3. The second-order valence-corrected chi connectivity index (χ2v) is 8.49. The van der Waals surface area contributed by atoms with Gasteiger partial charge in [0.05, 0.1) is 19.4 Å². The zero-order valence-corrected chi connectivity index (χ0v) is 17.5. The van der Waals surface area contributed by atoms with Crippen LogP contribution in [0.15, 0.2) is 47.0 Å². The predicted molar refractivity (Wildman–Crippen MR) is 116 cm³/mol. The van der Waals surface area contributed by atoms with Crippen LogP contribution in [-0.2, 0) is 0 Å². The van der Waals surface area contributed by atoms with Gasteiger partial charge in [0.15, 0.2) is 17.1 Å². The summed E-state index contributed by atoms with van der Waals surface area (Å²) in [5.41, 5.74) is 2.08. The highest BCUT2D eigenvalue weighted by Crippen LogP contribution is 2.44. The summed E-state index contributed by atoms with van der Waals surface area (Å²) in [5, 5.41) is 5.64. The van der Waals surface area contributed by atoms with E-state index in [1.54, 1.807) is 7.11 Å². The van der Waals surface area contributed by atoms with Crippen LogP contribution in [-0.4, -0.2) is 42.4 Å². The van der Waals surface area contributed by atoms with E-state index in [-0.39, 0.29) is 0 Å². The lowest BCUT2D eigenvalue weighted by atomic mass is 9.86. The molecule has 5 nitrogen and oxygen atoms in total. The number of para-hydroxylation sites is 1. The smallest absolute Gasteiger partial charge is 0.167 e. The van der Waals surface area contributed by atoms with Crippen LogP contribution >= 0.6 is 0 Å². The SMILES string of the molecule is COc1c[c]ccc1OCCCCN1C2CCC1CC(c1noc3ccccc13)C2. The van der Waals surface area contributed by atoms with Crippen LogP contribution in [0.5, 0.6) is 11.5 Å². The van der Waals surface area contributed by atoms with E-state index in [2.05, 4.69) is 28.3 Å². The summed E-state index contributed by atoms with van der Waals surface area (Å²) in [5.74, 6) is 2.07. The highest BCUT2D eigenvalue weighted by molar-refractivity contribution is 5.79. The first-order valence-corrected chi connectivity index (χ1v) is 11.1. The van der Waals surface area contributed by atoms with Crippen molar-refractivity contribution in [2.75, 3.05) is 20.3 Å². The Morgan fingerprint density at radius 3 is 2.77 bits per heavy atom. The number of unbranched alkanes of at least 4 members (excludes halogenated alkanes) is 1. The lowest BCUT2D eigenvalue weighted by molar-refractivity contribution is 0.120. The topological polar surface area (TPSA) is 47.7 Å². The monoisotopic (exact) mass is 405 g/mol. The standard InChI is InChI=1S/C25H29N2O3/c1-28-23-10-4-5-11-24(23)29-15-7-6-14-27-19-12-13-20(27)17-18(16-19)25-21-8-2-3-9-22(21)30-26-25/h2-3,5,8-11,18-20H,6-7,12-17H2,1H3. The van der Waals surface area contributed by atoms with E-state index in [9.17, 15) is 0 Å². The Morgan fingerprint density at radius 2 is 1.93 bits per heavy atom. The molecule has 5 heteroatoms. The van der Waals surface area contributed by atoms with E-state index in [1.165, 1.54) is 36.8 Å². The Labute approximate surface area is 177 Å². The van der Waals surface area contributed by atoms with Gasteiger partial charge in [0.25, 0.3) is 0 Å². The number of piperidine rings is 1. The fourth-order valence-electron chi connectivity index (χ4n) is 5.32. The van der Waals surface area contributed by atoms with Gasteiger partial charge in [0.1, 0.15) is 0 Å². The molecule has 2 aliphatic heterocycles. The highest BCUT2D eigenvalue weighted by Gasteiger charge is 2.41. The van der Waals surface area contributed by atoms with Crippen molar-refractivity contribution in [1.82, 2.24) is 10.1 Å². The molecule has 2 unspecified atom stereocenters. The molecule has 0 aliphatic carbocycles. The van der Waals surface area contributed by atoms with E-state index in [0.717, 1.165) is 43.1 Å². The Balaban J connectivity index is 1.13. The molecule has 1 aromatic heterocycles. The molecule has 2 atom stereocenters. The number of aromatic nitrogens is 1. The van der Waals surface area contributed by atoms with Crippen molar-refractivity contribution >= 4 is 11.0 Å². The number of nitrogens with zero attached hydrogens (tertiary/aromatic N) is 2. The maximum Gasteiger partial charge on any atom is 0.167 e. The predicted octanol–water partition coefficient (Wildman–Crippen LogP) is 5.21. The molecular weight excluding hydrogens is 376 g/mol. The van der Waals surface area contributed by atoms with Crippen molar-refractivity contribution in [3.8, 4) is 11.5 Å². The Bertz CT molecular complexity index is 971. The zero-order valence-electron chi connectivity index (χ0n) is 17.5. The van der Waals surface area contributed by atoms with Crippen molar-refractivity contribution in [3.05, 3.63) is 54.2 Å². The third-order valence-corrected chi connectivity index (χ3v) is 6.75. The zero-order chi connectivity index (χ0) is 20.3. The number of ether oxygens (including phenoxy) is 2. The van der Waals surface area contributed by atoms with Gasteiger partial charge in [-0.25, -0.2) is 0 Å². The van der Waals surface area contributed by atoms with Gasteiger partial charge in [-0.2, -0.15) is 0 Å². The largest absolute Gasteiger partial charge is 0.493 e. The minimum Gasteiger partial charge on any atom is -0.493 e. The molecule has 0 amide bonds. The minimum absolute atomic E-state index is 0.521. The molecule has 2 fully saturated rings. The highest BCUT2D eigenvalue weighted by atomic mass is 16.5. The first-order valence-electron chi connectivity index (χ1n) is 11.1. The normalized spacial score (nSPS) is 23.7. The van der Waals surface area contributed by atoms with Gasteiger partial charge in [-0.05, 0) is 75.4 Å². The van der Waals surface area contributed by atoms with Crippen molar-refractivity contribution < 1.29 is 14.0 Å². The summed E-state index contributed by atoms with van der Waals surface area (Å²) in [4.78, 5) is 2.75. The Hall–Kier alpha value is -2.53. The van der Waals surface area contributed by atoms with Gasteiger partial charge >= 0.3 is 0 Å². The van der Waals surface area contributed by atoms with Crippen LogP contribution in [0.2, 0.25) is 0 Å². The summed E-state index contributed by atoms with van der Waals surface area (Å²) in [6.07, 6.45) is 7.22. The van der Waals surface area contributed by atoms with Crippen LogP contribution in [0.1, 0.15) is 50.1 Å². The first kappa shape index (κ1) is 19.4. The summed E-state index contributed by atoms with van der Waals surface area (Å²) in [7, 11) is 1.66. The van der Waals surface area contributed by atoms with Crippen LogP contribution in [0.3, 0.4) is 0 Å². The van der Waals surface area contributed by atoms with Crippen molar-refractivity contribution in [1.29, 1.82) is 0 Å². The van der Waals surface area contributed by atoms with Gasteiger partial charge in [-0.1, -0.05) is 23.4 Å². The fourth-order valence-corrected chi connectivity index (χ4v) is 5.32. The van der Waals surface area contributed by atoms with Gasteiger partial charge < -0.3 is 14.0 Å². The maximum atomic E-state index is 5.91. The van der Waals surface area contributed by atoms with E-state index < -0.39 is 0 Å². The average Bonchev–Trinajstić information content (AvgIpc) is 3.31. The molecule has 3 aromatic rings. The number of methoxy groups -OCH3 is 1. The lowest BCUT2D eigenvalue weighted by Gasteiger charge is -2.38. The molecule has 157 valence electrons. The Morgan fingerprint density at radius 1 is 1.10 bits per heavy atom. The fraction of sp³-hybridized carbons (Fsp3) is 0.480. The van der Waals surface area contributed by atoms with Gasteiger partial charge in [-0.15, -0.1) is 0 Å². The first-order chi connectivity index (χ1) is 14.8. The second kappa shape index (κ2) is 8.68. The van der Waals surface area contributed by atoms with Crippen molar-refractivity contribution in [2.24, 2.45) is 0 Å². The van der Waals surface area contributed by atoms with Crippen molar-refractivity contribution in [2.45, 2.75) is 56.5 Å². The third kappa shape index (κ3) is 3.79. The van der Waals surface area contributed by atoms with E-state index in [1.807, 2.05) is 30.3 Å². The number of hydrogen-bond donors (Lipinski definition) is 0. The second-order valence-electron chi connectivity index (χ2n) is 8.49. The summed E-state index contributed by atoms with van der Waals surface area (Å²) < 4.78 is 16.8. The minimum atomic E-state index is 0.521. The molecule has 1 radical (unpaired) electrons. The number of benzene rings is 2. The summed E-state index contributed by atoms with van der Waals surface area (Å²) >= 11 is 0. The maximum absolute atomic E-state index is 5.91. The molecule has 0 spiro atoms. The quantitative estimate of drug-likeness (QED) is 0.482. The van der Waals surface area contributed by atoms with Crippen LogP contribution in [0.4, 0.5) is 0 Å². The molecule has 2 aliphatic rings. The van der Waals surface area contributed by atoms with Gasteiger partial charge in [-0.3, -0.25) is 4.90 Å². The van der Waals surface area contributed by atoms with E-state index in [4.69, 9.17) is 14.0 Å².